The number of nitrogens with one attached hydrogen (secondary N) is 1. The Balaban J connectivity index is 2.45. The van der Waals surface area contributed by atoms with Crippen molar-refractivity contribution in [2.75, 3.05) is 6.54 Å². The van der Waals surface area contributed by atoms with Crippen LogP contribution in [0.2, 0.25) is 0 Å². The number of sulfonamides is 1. The Morgan fingerprint density at radius 1 is 1.43 bits per heavy atom. The van der Waals surface area contributed by atoms with Crippen molar-refractivity contribution in [2.45, 2.75) is 51.0 Å². The predicted octanol–water partition coefficient (Wildman–Crippen LogP) is 1.46. The minimum atomic E-state index is -3.56. The molecule has 1 heterocycles. The van der Waals surface area contributed by atoms with E-state index in [0.717, 1.165) is 19.3 Å². The van der Waals surface area contributed by atoms with Gasteiger partial charge in [-0.1, -0.05) is 26.7 Å². The molecule has 0 bridgehead atoms. The standard InChI is InChI=1S/C13H23N3O4S/c1-11(2)5-3-4-7-15-21(19,20)12-9-14-16(10-12)8-6-13(17)18/h9-11,15H,3-8H2,1-2H3,(H,17,18). The van der Waals surface area contributed by atoms with Gasteiger partial charge in [0, 0.05) is 12.7 Å². The molecule has 8 heteroatoms. The number of hydrogen-bond donors (Lipinski definition) is 2. The maximum absolute atomic E-state index is 12.0. The fourth-order valence-electron chi connectivity index (χ4n) is 1.78. The van der Waals surface area contributed by atoms with Crippen LogP contribution < -0.4 is 4.72 Å². The summed E-state index contributed by atoms with van der Waals surface area (Å²) in [6.07, 6.45) is 5.35. The van der Waals surface area contributed by atoms with Gasteiger partial charge in [0.1, 0.15) is 4.90 Å². The molecule has 2 N–H and O–H groups in total. The van der Waals surface area contributed by atoms with Gasteiger partial charge in [-0.15, -0.1) is 0 Å². The number of aliphatic carboxylic acids is 1. The molecule has 0 amide bonds. The van der Waals surface area contributed by atoms with Gasteiger partial charge in [0.2, 0.25) is 10.0 Å². The van der Waals surface area contributed by atoms with Crippen LogP contribution in [0.25, 0.3) is 0 Å². The quantitative estimate of drug-likeness (QED) is 0.636. The van der Waals surface area contributed by atoms with Gasteiger partial charge in [-0.05, 0) is 12.3 Å². The zero-order chi connectivity index (χ0) is 15.9. The maximum Gasteiger partial charge on any atom is 0.305 e. The average Bonchev–Trinajstić information content (AvgIpc) is 2.85. The molecule has 0 aliphatic heterocycles. The third-order valence-corrected chi connectivity index (χ3v) is 4.39. The van der Waals surface area contributed by atoms with Gasteiger partial charge in [-0.3, -0.25) is 9.48 Å². The molecule has 21 heavy (non-hydrogen) atoms. The normalized spacial score (nSPS) is 12.0. The van der Waals surface area contributed by atoms with Crippen molar-refractivity contribution in [3.8, 4) is 0 Å². The number of carboxylic acid groups (broad SMARTS) is 1. The lowest BCUT2D eigenvalue weighted by Gasteiger charge is -2.06. The number of hydrogen-bond acceptors (Lipinski definition) is 4. The molecule has 1 rings (SSSR count). The van der Waals surface area contributed by atoms with Gasteiger partial charge in [0.25, 0.3) is 0 Å². The van der Waals surface area contributed by atoms with Crippen LogP contribution in [0.4, 0.5) is 0 Å². The first-order valence-corrected chi connectivity index (χ1v) is 8.53. The molecule has 0 aliphatic carbocycles. The fourth-order valence-corrected chi connectivity index (χ4v) is 2.81. The lowest BCUT2D eigenvalue weighted by molar-refractivity contribution is -0.137. The molecule has 0 saturated carbocycles. The second-order valence-corrected chi connectivity index (χ2v) is 7.14. The van der Waals surface area contributed by atoms with Crippen molar-refractivity contribution < 1.29 is 18.3 Å². The molecule has 7 nitrogen and oxygen atoms in total. The Hall–Kier alpha value is -1.41. The average molecular weight is 317 g/mol. The number of aryl methyl sites for hydroxylation is 1. The molecule has 120 valence electrons. The van der Waals surface area contributed by atoms with Crippen molar-refractivity contribution in [2.24, 2.45) is 5.92 Å². The van der Waals surface area contributed by atoms with Crippen molar-refractivity contribution in [1.82, 2.24) is 14.5 Å². The predicted molar refractivity (Wildman–Crippen MR) is 78.4 cm³/mol. The first-order chi connectivity index (χ1) is 9.81. The van der Waals surface area contributed by atoms with Crippen LogP contribution in [0, 0.1) is 5.92 Å². The van der Waals surface area contributed by atoms with Gasteiger partial charge >= 0.3 is 5.97 Å². The molecular weight excluding hydrogens is 294 g/mol. The summed E-state index contributed by atoms with van der Waals surface area (Å²) in [5.41, 5.74) is 0. The Morgan fingerprint density at radius 3 is 2.76 bits per heavy atom. The third kappa shape index (κ3) is 6.72. The molecular formula is C13H23N3O4S. The van der Waals surface area contributed by atoms with E-state index in [0.29, 0.717) is 12.5 Å². The number of aromatic nitrogens is 2. The van der Waals surface area contributed by atoms with E-state index in [2.05, 4.69) is 23.7 Å². The molecule has 0 unspecified atom stereocenters. The van der Waals surface area contributed by atoms with Crippen LogP contribution in [-0.2, 0) is 21.4 Å². The first-order valence-electron chi connectivity index (χ1n) is 7.05. The Labute approximate surface area is 125 Å². The van der Waals surface area contributed by atoms with Gasteiger partial charge in [0.15, 0.2) is 0 Å². The summed E-state index contributed by atoms with van der Waals surface area (Å²) >= 11 is 0. The van der Waals surface area contributed by atoms with Gasteiger partial charge in [-0.2, -0.15) is 5.10 Å². The Kier molecular flexibility index (Phi) is 6.83. The van der Waals surface area contributed by atoms with E-state index < -0.39 is 16.0 Å². The van der Waals surface area contributed by atoms with E-state index in [4.69, 9.17) is 5.11 Å². The van der Waals surface area contributed by atoms with Crippen LogP contribution in [0.15, 0.2) is 17.3 Å². The first kappa shape index (κ1) is 17.6. The van der Waals surface area contributed by atoms with E-state index >= 15 is 0 Å². The minimum Gasteiger partial charge on any atom is -0.481 e. The maximum atomic E-state index is 12.0. The molecule has 0 spiro atoms. The van der Waals surface area contributed by atoms with Crippen molar-refractivity contribution in [3.05, 3.63) is 12.4 Å². The molecule has 0 saturated heterocycles. The van der Waals surface area contributed by atoms with E-state index in [-0.39, 0.29) is 17.9 Å². The summed E-state index contributed by atoms with van der Waals surface area (Å²) in [6.45, 7) is 4.82. The topological polar surface area (TPSA) is 101 Å². The van der Waals surface area contributed by atoms with Gasteiger partial charge in [0.05, 0.1) is 19.2 Å². The van der Waals surface area contributed by atoms with Crippen LogP contribution >= 0.6 is 0 Å². The van der Waals surface area contributed by atoms with Gasteiger partial charge in [-0.25, -0.2) is 13.1 Å². The van der Waals surface area contributed by atoms with E-state index in [1.807, 2.05) is 0 Å². The number of carbonyl (C=O) groups is 1. The van der Waals surface area contributed by atoms with Crippen LogP contribution in [0.1, 0.15) is 39.5 Å². The van der Waals surface area contributed by atoms with Crippen LogP contribution in [0.3, 0.4) is 0 Å². The van der Waals surface area contributed by atoms with E-state index in [9.17, 15) is 13.2 Å². The summed E-state index contributed by atoms with van der Waals surface area (Å²) in [7, 11) is -3.56. The minimum absolute atomic E-state index is 0.0664. The highest BCUT2D eigenvalue weighted by atomic mass is 32.2. The molecule has 0 fully saturated rings. The Morgan fingerprint density at radius 2 is 2.14 bits per heavy atom. The molecule has 0 atom stereocenters. The number of carboxylic acids is 1. The van der Waals surface area contributed by atoms with E-state index in [1.54, 1.807) is 0 Å². The van der Waals surface area contributed by atoms with Gasteiger partial charge < -0.3 is 5.11 Å². The summed E-state index contributed by atoms with van der Waals surface area (Å²) in [4.78, 5) is 10.5. The van der Waals surface area contributed by atoms with Crippen LogP contribution in [-0.4, -0.2) is 35.8 Å². The number of nitrogens with zero attached hydrogens (tertiary/aromatic N) is 2. The highest BCUT2D eigenvalue weighted by molar-refractivity contribution is 7.89. The highest BCUT2D eigenvalue weighted by Crippen LogP contribution is 2.09. The largest absolute Gasteiger partial charge is 0.481 e. The third-order valence-electron chi connectivity index (χ3n) is 2.97. The SMILES string of the molecule is CC(C)CCCCNS(=O)(=O)c1cnn(CCC(=O)O)c1. The highest BCUT2D eigenvalue weighted by Gasteiger charge is 2.16. The zero-order valence-electron chi connectivity index (χ0n) is 12.4. The molecule has 1 aromatic rings. The second kappa shape index (κ2) is 8.14. The lowest BCUT2D eigenvalue weighted by atomic mass is 10.1. The molecule has 0 radical (unpaired) electrons. The molecule has 0 aromatic carbocycles. The second-order valence-electron chi connectivity index (χ2n) is 5.37. The van der Waals surface area contributed by atoms with Crippen molar-refractivity contribution in [1.29, 1.82) is 0 Å². The zero-order valence-corrected chi connectivity index (χ0v) is 13.3. The smallest absolute Gasteiger partial charge is 0.305 e. The number of unbranched alkanes of at least 4 members (excludes halogenated alkanes) is 1. The van der Waals surface area contributed by atoms with Crippen LogP contribution in [0.5, 0.6) is 0 Å². The summed E-state index contributed by atoms with van der Waals surface area (Å²) in [5.74, 6) is -0.327. The molecule has 0 aliphatic rings. The van der Waals surface area contributed by atoms with E-state index in [1.165, 1.54) is 17.1 Å². The fraction of sp³-hybridized carbons (Fsp3) is 0.692. The Bertz CT molecular complexity index is 552. The van der Waals surface area contributed by atoms with Crippen molar-refractivity contribution >= 4 is 16.0 Å². The summed E-state index contributed by atoms with van der Waals surface area (Å²) in [5, 5.41) is 12.4. The monoisotopic (exact) mass is 317 g/mol. The number of rotatable bonds is 10. The lowest BCUT2D eigenvalue weighted by Crippen LogP contribution is -2.24. The molecule has 1 aromatic heterocycles. The summed E-state index contributed by atoms with van der Waals surface area (Å²) < 4.78 is 27.9. The van der Waals surface area contributed by atoms with Crippen molar-refractivity contribution in [3.63, 3.8) is 0 Å². The summed E-state index contributed by atoms with van der Waals surface area (Å²) in [6, 6.07) is 0.